The van der Waals surface area contributed by atoms with Gasteiger partial charge in [-0.25, -0.2) is 0 Å². The molecule has 0 aromatic carbocycles. The van der Waals surface area contributed by atoms with Crippen LogP contribution in [0.5, 0.6) is 0 Å². The van der Waals surface area contributed by atoms with Crippen molar-refractivity contribution in [2.75, 3.05) is 0 Å². The predicted molar refractivity (Wildman–Crippen MR) is 124 cm³/mol. The van der Waals surface area contributed by atoms with Gasteiger partial charge in [0.1, 0.15) is 0 Å². The molecule has 4 rings (SSSR count). The van der Waals surface area contributed by atoms with Crippen LogP contribution in [0, 0.1) is 16.7 Å². The molecule has 2 nitrogen and oxygen atoms in total. The number of rotatable bonds is 4. The zero-order valence-electron chi connectivity index (χ0n) is 18.1. The van der Waals surface area contributed by atoms with Gasteiger partial charge in [-0.05, 0) is 49.1 Å². The van der Waals surface area contributed by atoms with Crippen molar-refractivity contribution >= 4 is 5.71 Å². The zero-order valence-corrected chi connectivity index (χ0v) is 18.1. The maximum Gasteiger partial charge on any atom is 0.0631 e. The highest BCUT2D eigenvalue weighted by Gasteiger charge is 2.41. The minimum absolute atomic E-state index is 0.0464. The predicted octanol–water partition coefficient (Wildman–Crippen LogP) is 6.71. The first-order valence-electron chi connectivity index (χ1n) is 10.8. The quantitative estimate of drug-likeness (QED) is 0.535. The summed E-state index contributed by atoms with van der Waals surface area (Å²) in [6.45, 7) is 9.23. The van der Waals surface area contributed by atoms with Crippen LogP contribution in [0.25, 0.3) is 0 Å². The van der Waals surface area contributed by atoms with E-state index in [9.17, 15) is 0 Å². The molecule has 1 fully saturated rings. The van der Waals surface area contributed by atoms with Crippen molar-refractivity contribution in [1.82, 2.24) is 5.32 Å². The number of allylic oxidation sites excluding steroid dienone is 15. The number of hydrogen-bond donors (Lipinski definition) is 1. The van der Waals surface area contributed by atoms with Gasteiger partial charge in [-0.2, -0.15) is 0 Å². The molecule has 1 atom stereocenters. The van der Waals surface area contributed by atoms with Crippen LogP contribution in [0.4, 0.5) is 0 Å². The maximum absolute atomic E-state index is 4.84. The zero-order chi connectivity index (χ0) is 20.5. The van der Waals surface area contributed by atoms with E-state index in [-0.39, 0.29) is 10.8 Å². The van der Waals surface area contributed by atoms with Crippen LogP contribution < -0.4 is 5.32 Å². The molecule has 2 heteroatoms. The molecule has 2 heterocycles. The number of nitrogens with zero attached hydrogens (tertiary/aromatic N) is 1. The third kappa shape index (κ3) is 3.69. The van der Waals surface area contributed by atoms with E-state index in [1.165, 1.54) is 22.7 Å². The van der Waals surface area contributed by atoms with Crippen LogP contribution in [0.1, 0.15) is 47.0 Å². The molecule has 2 aliphatic carbocycles. The highest BCUT2D eigenvalue weighted by Crippen LogP contribution is 2.47. The second kappa shape index (κ2) is 7.67. The topological polar surface area (TPSA) is 24.4 Å². The first kappa shape index (κ1) is 19.7. The van der Waals surface area contributed by atoms with Gasteiger partial charge in [0.25, 0.3) is 0 Å². The highest BCUT2D eigenvalue weighted by molar-refractivity contribution is 6.04. The fraction of sp³-hybridized carbons (Fsp3) is 0.370. The summed E-state index contributed by atoms with van der Waals surface area (Å²) in [5.74, 6) is 0.565. The summed E-state index contributed by atoms with van der Waals surface area (Å²) in [4.78, 5) is 4.84. The molecule has 1 saturated heterocycles. The van der Waals surface area contributed by atoms with E-state index in [0.717, 1.165) is 25.0 Å². The molecule has 2 aliphatic heterocycles. The molecular formula is C27H32N2. The first-order valence-corrected chi connectivity index (χ1v) is 10.8. The summed E-state index contributed by atoms with van der Waals surface area (Å²) in [7, 11) is 0. The SMILES string of the molecule is CC1(C)C(C=CC=CC=CC=C2NC3=CC=CC[C@H]3C2(C)C)=NC2=C1CCC=C2. The molecule has 0 aromatic rings. The Hall–Kier alpha value is -2.61. The van der Waals surface area contributed by atoms with Crippen LogP contribution in [0.3, 0.4) is 0 Å². The van der Waals surface area contributed by atoms with Crippen molar-refractivity contribution in [1.29, 1.82) is 0 Å². The van der Waals surface area contributed by atoms with Crippen molar-refractivity contribution in [3.8, 4) is 0 Å². The average Bonchev–Trinajstić information content (AvgIpc) is 3.11. The van der Waals surface area contributed by atoms with Gasteiger partial charge in [0.05, 0.1) is 11.4 Å². The highest BCUT2D eigenvalue weighted by atomic mass is 15.0. The summed E-state index contributed by atoms with van der Waals surface area (Å²) in [5.41, 5.74) is 6.65. The largest absolute Gasteiger partial charge is 0.362 e. The normalized spacial score (nSPS) is 28.4. The standard InChI is InChI=1S/C27H32N2/c1-26(2)20-14-10-12-16-22(20)28-24(26)18-8-6-5-7-9-19-25-27(3,4)21-15-11-13-17-23(21)29-25/h5-10,12-13,16-20,28H,11,14-15H2,1-4H3/t20-/m1/s1. The van der Waals surface area contributed by atoms with E-state index < -0.39 is 0 Å². The van der Waals surface area contributed by atoms with Crippen molar-refractivity contribution < 1.29 is 0 Å². The fourth-order valence-electron chi connectivity index (χ4n) is 4.75. The van der Waals surface area contributed by atoms with Gasteiger partial charge in [0.15, 0.2) is 0 Å². The lowest BCUT2D eigenvalue weighted by Crippen LogP contribution is -2.22. The van der Waals surface area contributed by atoms with E-state index in [1.54, 1.807) is 0 Å². The molecule has 0 bridgehead atoms. The van der Waals surface area contributed by atoms with Gasteiger partial charge >= 0.3 is 0 Å². The van der Waals surface area contributed by atoms with Crippen LogP contribution >= 0.6 is 0 Å². The van der Waals surface area contributed by atoms with E-state index >= 15 is 0 Å². The minimum atomic E-state index is 0.0464. The molecule has 0 radical (unpaired) electrons. The molecule has 150 valence electrons. The third-order valence-electron chi connectivity index (χ3n) is 6.75. The Morgan fingerprint density at radius 1 is 1.03 bits per heavy atom. The van der Waals surface area contributed by atoms with Gasteiger partial charge in [-0.3, -0.25) is 4.99 Å². The Morgan fingerprint density at radius 3 is 2.62 bits per heavy atom. The molecular weight excluding hydrogens is 352 g/mol. The molecule has 0 aromatic heterocycles. The number of aliphatic imine (C=N–C) groups is 1. The van der Waals surface area contributed by atoms with Crippen LogP contribution in [0.2, 0.25) is 0 Å². The second-order valence-electron chi connectivity index (χ2n) is 9.32. The molecule has 4 aliphatic rings. The molecule has 0 unspecified atom stereocenters. The Morgan fingerprint density at radius 2 is 1.83 bits per heavy atom. The molecule has 1 N–H and O–H groups in total. The lowest BCUT2D eigenvalue weighted by atomic mass is 9.75. The summed E-state index contributed by atoms with van der Waals surface area (Å²) >= 11 is 0. The smallest absolute Gasteiger partial charge is 0.0631 e. The second-order valence-corrected chi connectivity index (χ2v) is 9.32. The summed E-state index contributed by atoms with van der Waals surface area (Å²) in [6.07, 6.45) is 29.3. The van der Waals surface area contributed by atoms with Gasteiger partial charge in [0, 0.05) is 28.1 Å². The summed E-state index contributed by atoms with van der Waals surface area (Å²) in [6, 6.07) is 0. The molecule has 0 saturated carbocycles. The first-order chi connectivity index (χ1) is 13.9. The number of hydrogen-bond acceptors (Lipinski definition) is 2. The van der Waals surface area contributed by atoms with Crippen LogP contribution in [0.15, 0.2) is 101 Å². The number of fused-ring (bicyclic) bond motifs is 1. The fourth-order valence-corrected chi connectivity index (χ4v) is 4.75. The lowest BCUT2D eigenvalue weighted by molar-refractivity contribution is 0.342. The Kier molecular flexibility index (Phi) is 5.21. The molecule has 29 heavy (non-hydrogen) atoms. The lowest BCUT2D eigenvalue weighted by Gasteiger charge is -2.26. The van der Waals surface area contributed by atoms with Crippen LogP contribution in [-0.4, -0.2) is 5.71 Å². The van der Waals surface area contributed by atoms with Gasteiger partial charge < -0.3 is 5.32 Å². The maximum atomic E-state index is 4.84. The van der Waals surface area contributed by atoms with E-state index in [2.05, 4.69) is 106 Å². The average molecular weight is 385 g/mol. The summed E-state index contributed by atoms with van der Waals surface area (Å²) in [5, 5.41) is 3.61. The van der Waals surface area contributed by atoms with E-state index in [1.807, 2.05) is 0 Å². The Balaban J connectivity index is 1.36. The summed E-state index contributed by atoms with van der Waals surface area (Å²) < 4.78 is 0. The van der Waals surface area contributed by atoms with Crippen molar-refractivity contribution in [2.45, 2.75) is 47.0 Å². The van der Waals surface area contributed by atoms with Gasteiger partial charge in [0.2, 0.25) is 0 Å². The Labute approximate surface area is 175 Å². The third-order valence-corrected chi connectivity index (χ3v) is 6.75. The molecule has 0 amide bonds. The van der Waals surface area contributed by atoms with Crippen molar-refractivity contribution in [3.63, 3.8) is 0 Å². The molecule has 0 spiro atoms. The van der Waals surface area contributed by atoms with Crippen LogP contribution in [-0.2, 0) is 0 Å². The Bertz CT molecular complexity index is 952. The number of nitrogens with one attached hydrogen (secondary N) is 1. The van der Waals surface area contributed by atoms with Crippen molar-refractivity contribution in [2.24, 2.45) is 21.7 Å². The monoisotopic (exact) mass is 384 g/mol. The van der Waals surface area contributed by atoms with Crippen molar-refractivity contribution in [3.05, 3.63) is 95.6 Å². The van der Waals surface area contributed by atoms with E-state index in [0.29, 0.717) is 5.92 Å². The van der Waals surface area contributed by atoms with Gasteiger partial charge in [-0.1, -0.05) is 76.3 Å². The van der Waals surface area contributed by atoms with Gasteiger partial charge in [-0.15, -0.1) is 0 Å². The minimum Gasteiger partial charge on any atom is -0.362 e. The van der Waals surface area contributed by atoms with E-state index in [4.69, 9.17) is 4.99 Å².